The van der Waals surface area contributed by atoms with Gasteiger partial charge in [-0.15, -0.1) is 0 Å². The second-order valence-electron chi connectivity index (χ2n) is 8.37. The number of halogens is 1. The Bertz CT molecular complexity index is 1290. The molecule has 0 fully saturated rings. The van der Waals surface area contributed by atoms with Crippen molar-refractivity contribution in [2.24, 2.45) is 0 Å². The molecular formula is C27H26FN3O2. The summed E-state index contributed by atoms with van der Waals surface area (Å²) < 4.78 is 22.5. The predicted molar refractivity (Wildman–Crippen MR) is 126 cm³/mol. The topological polar surface area (TPSA) is 39.4 Å². The molecule has 4 aromatic rings. The zero-order valence-electron chi connectivity index (χ0n) is 18.6. The average Bonchev–Trinajstić information content (AvgIpc) is 3.12. The van der Waals surface area contributed by atoms with Gasteiger partial charge in [0.05, 0.1) is 25.0 Å². The predicted octanol–water partition coefficient (Wildman–Crippen LogP) is 4.39. The van der Waals surface area contributed by atoms with Crippen LogP contribution in [0.15, 0.2) is 83.7 Å². The Morgan fingerprint density at radius 2 is 1.58 bits per heavy atom. The Morgan fingerprint density at radius 1 is 0.879 bits per heavy atom. The van der Waals surface area contributed by atoms with Gasteiger partial charge in [-0.05, 0) is 53.9 Å². The number of nitrogens with zero attached hydrogens (tertiary/aromatic N) is 3. The van der Waals surface area contributed by atoms with Crippen molar-refractivity contribution in [2.45, 2.75) is 26.1 Å². The summed E-state index contributed by atoms with van der Waals surface area (Å²) in [6.45, 7) is 2.77. The Morgan fingerprint density at radius 3 is 2.27 bits per heavy atom. The molecule has 1 aromatic heterocycles. The fourth-order valence-electron chi connectivity index (χ4n) is 4.51. The number of rotatable bonds is 6. The van der Waals surface area contributed by atoms with E-state index in [0.717, 1.165) is 40.4 Å². The highest BCUT2D eigenvalue weighted by atomic mass is 19.1. The molecule has 0 amide bonds. The van der Waals surface area contributed by atoms with E-state index >= 15 is 0 Å². The molecule has 0 N–H and O–H groups in total. The van der Waals surface area contributed by atoms with E-state index < -0.39 is 0 Å². The first-order chi connectivity index (χ1) is 16.1. The second kappa shape index (κ2) is 9.08. The largest absolute Gasteiger partial charge is 0.497 e. The highest BCUT2D eigenvalue weighted by molar-refractivity contribution is 5.39. The van der Waals surface area contributed by atoms with Crippen molar-refractivity contribution in [3.63, 3.8) is 0 Å². The normalized spacial score (nSPS) is 13.6. The zero-order valence-corrected chi connectivity index (χ0v) is 18.6. The Balaban J connectivity index is 1.54. The van der Waals surface area contributed by atoms with Gasteiger partial charge in [0, 0.05) is 25.2 Å². The van der Waals surface area contributed by atoms with E-state index in [1.165, 1.54) is 12.1 Å². The zero-order chi connectivity index (χ0) is 22.8. The van der Waals surface area contributed by atoms with Crippen LogP contribution in [0.3, 0.4) is 0 Å². The molecule has 1 aliphatic heterocycles. The van der Waals surface area contributed by atoms with Gasteiger partial charge in [-0.3, -0.25) is 14.4 Å². The van der Waals surface area contributed by atoms with Crippen molar-refractivity contribution >= 4 is 0 Å². The smallest absolute Gasteiger partial charge is 0.274 e. The Hall–Kier alpha value is -3.64. The number of methoxy groups -OCH3 is 1. The van der Waals surface area contributed by atoms with Gasteiger partial charge in [-0.25, -0.2) is 9.07 Å². The number of ether oxygens (including phenoxy) is 1. The molecule has 0 saturated carbocycles. The highest BCUT2D eigenvalue weighted by Crippen LogP contribution is 2.23. The van der Waals surface area contributed by atoms with Gasteiger partial charge in [-0.2, -0.15) is 0 Å². The molecule has 0 spiro atoms. The van der Waals surface area contributed by atoms with Crippen molar-refractivity contribution in [3.05, 3.63) is 117 Å². The monoisotopic (exact) mass is 443 g/mol. The molecule has 0 atom stereocenters. The second-order valence-corrected chi connectivity index (χ2v) is 8.37. The van der Waals surface area contributed by atoms with Crippen LogP contribution in [0.4, 0.5) is 4.39 Å². The van der Waals surface area contributed by atoms with Crippen LogP contribution in [-0.2, 0) is 26.1 Å². The van der Waals surface area contributed by atoms with E-state index in [-0.39, 0.29) is 11.4 Å². The number of hydrogen-bond donors (Lipinski definition) is 0. The summed E-state index contributed by atoms with van der Waals surface area (Å²) >= 11 is 0. The van der Waals surface area contributed by atoms with Crippen LogP contribution in [0.1, 0.15) is 22.4 Å². The lowest BCUT2D eigenvalue weighted by atomic mass is 10.1. The van der Waals surface area contributed by atoms with Gasteiger partial charge >= 0.3 is 0 Å². The van der Waals surface area contributed by atoms with Crippen LogP contribution in [0.5, 0.6) is 5.75 Å². The van der Waals surface area contributed by atoms with Crippen LogP contribution < -0.4 is 10.3 Å². The molecule has 33 heavy (non-hydrogen) atoms. The summed E-state index contributed by atoms with van der Waals surface area (Å²) in [6.07, 6.45) is 0.688. The first-order valence-electron chi connectivity index (χ1n) is 11.1. The number of aromatic nitrogens is 2. The van der Waals surface area contributed by atoms with Crippen LogP contribution in [0.25, 0.3) is 5.69 Å². The number of fused-ring (bicyclic) bond motifs is 1. The van der Waals surface area contributed by atoms with E-state index in [1.807, 2.05) is 54.6 Å². The summed E-state index contributed by atoms with van der Waals surface area (Å²) in [7, 11) is 1.63. The summed E-state index contributed by atoms with van der Waals surface area (Å²) in [5, 5.41) is 0. The maximum Gasteiger partial charge on any atom is 0.274 e. The molecule has 0 aliphatic carbocycles. The quantitative estimate of drug-likeness (QED) is 0.444. The van der Waals surface area contributed by atoms with E-state index in [9.17, 15) is 9.18 Å². The molecule has 0 radical (unpaired) electrons. The first kappa shape index (κ1) is 21.2. The summed E-state index contributed by atoms with van der Waals surface area (Å²) in [5.74, 6) is 0.524. The molecule has 0 saturated heterocycles. The van der Waals surface area contributed by atoms with Gasteiger partial charge in [0.2, 0.25) is 0 Å². The minimum Gasteiger partial charge on any atom is -0.497 e. The Labute approximate surface area is 192 Å². The van der Waals surface area contributed by atoms with Crippen LogP contribution >= 0.6 is 0 Å². The van der Waals surface area contributed by atoms with Crippen LogP contribution in [0.2, 0.25) is 0 Å². The molecule has 3 aromatic carbocycles. The maximum atomic E-state index is 13.5. The van der Waals surface area contributed by atoms with Crippen molar-refractivity contribution in [2.75, 3.05) is 13.7 Å². The van der Waals surface area contributed by atoms with Crippen molar-refractivity contribution in [3.8, 4) is 11.4 Å². The molecule has 6 heteroatoms. The third-order valence-electron chi connectivity index (χ3n) is 6.21. The maximum absolute atomic E-state index is 13.5. The summed E-state index contributed by atoms with van der Waals surface area (Å²) in [5.41, 5.74) is 4.95. The minimum absolute atomic E-state index is 0.0348. The SMILES string of the molecule is COc1ccc(-n2c(=O)c3c(n2Cc2ccccc2)CN(Cc2ccc(F)cc2)CC3)cc1. The van der Waals surface area contributed by atoms with Crippen molar-refractivity contribution in [1.29, 1.82) is 0 Å². The lowest BCUT2D eigenvalue weighted by Crippen LogP contribution is -2.32. The van der Waals surface area contributed by atoms with Crippen molar-refractivity contribution < 1.29 is 9.13 Å². The van der Waals surface area contributed by atoms with Gasteiger partial charge in [0.25, 0.3) is 5.56 Å². The number of benzene rings is 3. The standard InChI is InChI=1S/C27H26FN3O2/c1-33-24-13-11-23(12-14-24)31-27(32)25-15-16-29(17-21-7-9-22(28)10-8-21)19-26(25)30(31)18-20-5-3-2-4-6-20/h2-14H,15-19H2,1H3. The van der Waals surface area contributed by atoms with Crippen molar-refractivity contribution in [1.82, 2.24) is 14.3 Å². The molecule has 5 nitrogen and oxygen atoms in total. The first-order valence-corrected chi connectivity index (χ1v) is 11.1. The fourth-order valence-corrected chi connectivity index (χ4v) is 4.51. The van der Waals surface area contributed by atoms with E-state index in [1.54, 1.807) is 11.8 Å². The Kier molecular flexibility index (Phi) is 5.84. The van der Waals surface area contributed by atoms with Crippen LogP contribution in [0, 0.1) is 5.82 Å². The molecule has 0 bridgehead atoms. The van der Waals surface area contributed by atoms with Gasteiger partial charge < -0.3 is 4.74 Å². The van der Waals surface area contributed by atoms with Gasteiger partial charge in [0.1, 0.15) is 11.6 Å². The van der Waals surface area contributed by atoms with Gasteiger partial charge in [-0.1, -0.05) is 42.5 Å². The van der Waals surface area contributed by atoms with E-state index in [0.29, 0.717) is 26.1 Å². The molecule has 168 valence electrons. The van der Waals surface area contributed by atoms with Gasteiger partial charge in [0.15, 0.2) is 0 Å². The molecule has 5 rings (SSSR count). The molecule has 2 heterocycles. The van der Waals surface area contributed by atoms with Crippen LogP contribution in [-0.4, -0.2) is 27.9 Å². The molecule has 1 aliphatic rings. The fraction of sp³-hybridized carbons (Fsp3) is 0.222. The van der Waals surface area contributed by atoms with E-state index in [4.69, 9.17) is 4.74 Å². The third kappa shape index (κ3) is 4.34. The highest BCUT2D eigenvalue weighted by Gasteiger charge is 2.27. The summed E-state index contributed by atoms with van der Waals surface area (Å²) in [4.78, 5) is 15.8. The van der Waals surface area contributed by atoms with E-state index in [2.05, 4.69) is 21.7 Å². The minimum atomic E-state index is -0.229. The number of hydrogen-bond acceptors (Lipinski definition) is 3. The lowest BCUT2D eigenvalue weighted by molar-refractivity contribution is 0.236. The summed E-state index contributed by atoms with van der Waals surface area (Å²) in [6, 6.07) is 24.4. The average molecular weight is 444 g/mol. The molecular weight excluding hydrogens is 417 g/mol. The molecule has 0 unspecified atom stereocenters. The third-order valence-corrected chi connectivity index (χ3v) is 6.21. The lowest BCUT2D eigenvalue weighted by Gasteiger charge is -2.28.